The fourth-order valence-corrected chi connectivity index (χ4v) is 1.31. The van der Waals surface area contributed by atoms with Crippen LogP contribution in [0, 0.1) is 5.41 Å². The Hall–Kier alpha value is -2.24. The molecule has 0 radical (unpaired) electrons. The van der Waals surface area contributed by atoms with Crippen molar-refractivity contribution in [1.82, 2.24) is 0 Å². The van der Waals surface area contributed by atoms with Crippen LogP contribution in [0.15, 0.2) is 18.2 Å². The Morgan fingerprint density at radius 3 is 2.50 bits per heavy atom. The zero-order valence-electron chi connectivity index (χ0n) is 10.7. The van der Waals surface area contributed by atoms with E-state index in [1.807, 2.05) is 0 Å². The highest BCUT2D eigenvalue weighted by Crippen LogP contribution is 2.19. The van der Waals surface area contributed by atoms with Gasteiger partial charge in [-0.15, -0.1) is 0 Å². The van der Waals surface area contributed by atoms with Crippen LogP contribution in [0.3, 0.4) is 0 Å². The molecule has 1 rings (SSSR count). The smallest absolute Gasteiger partial charge is 0.412 e. The largest absolute Gasteiger partial charge is 0.444 e. The lowest BCUT2D eigenvalue weighted by Crippen LogP contribution is -2.28. The van der Waals surface area contributed by atoms with Crippen LogP contribution in [-0.4, -0.2) is 17.5 Å². The van der Waals surface area contributed by atoms with Crippen molar-refractivity contribution in [3.8, 4) is 0 Å². The molecule has 6 heteroatoms. The van der Waals surface area contributed by atoms with Gasteiger partial charge in [0, 0.05) is 11.3 Å². The summed E-state index contributed by atoms with van der Waals surface area (Å²) in [6.45, 7) is 5.30. The molecule has 0 atom stereocenters. The normalized spacial score (nSPS) is 10.8. The van der Waals surface area contributed by atoms with Gasteiger partial charge >= 0.3 is 6.09 Å². The second kappa shape index (κ2) is 4.95. The van der Waals surface area contributed by atoms with Gasteiger partial charge in [0.15, 0.2) is 0 Å². The number of benzene rings is 1. The minimum Gasteiger partial charge on any atom is -0.444 e. The molecular weight excluding hydrogens is 232 g/mol. The van der Waals surface area contributed by atoms with Gasteiger partial charge in [0.25, 0.3) is 0 Å². The predicted octanol–water partition coefficient (Wildman–Crippen LogP) is 1.90. The second-order valence-corrected chi connectivity index (χ2v) is 4.85. The number of rotatable bonds is 2. The van der Waals surface area contributed by atoms with Gasteiger partial charge in [0.1, 0.15) is 11.4 Å². The maximum atomic E-state index is 11.6. The summed E-state index contributed by atoms with van der Waals surface area (Å²) in [6.07, 6.45) is -0.602. The first-order chi connectivity index (χ1) is 8.19. The van der Waals surface area contributed by atoms with E-state index in [4.69, 9.17) is 21.6 Å². The molecule has 0 aliphatic rings. The van der Waals surface area contributed by atoms with Crippen molar-refractivity contribution < 1.29 is 9.53 Å². The molecule has 0 bridgehead atoms. The molecule has 6 nitrogen and oxygen atoms in total. The summed E-state index contributed by atoms with van der Waals surface area (Å²) >= 11 is 0. The number of ether oxygens (including phenoxy) is 1. The molecule has 18 heavy (non-hydrogen) atoms. The molecule has 98 valence electrons. The first kappa shape index (κ1) is 13.8. The maximum Gasteiger partial charge on any atom is 0.412 e. The van der Waals surface area contributed by atoms with Crippen LogP contribution in [-0.2, 0) is 4.74 Å². The molecule has 0 aliphatic heterocycles. The van der Waals surface area contributed by atoms with Crippen LogP contribution >= 0.6 is 0 Å². The molecule has 0 heterocycles. The molecule has 0 spiro atoms. The zero-order valence-corrected chi connectivity index (χ0v) is 10.7. The lowest BCUT2D eigenvalue weighted by Gasteiger charge is -2.20. The molecule has 6 N–H and O–H groups in total. The Morgan fingerprint density at radius 1 is 1.39 bits per heavy atom. The molecule has 1 amide bonds. The Labute approximate surface area is 106 Å². The number of anilines is 2. The van der Waals surface area contributed by atoms with Crippen LogP contribution in [0.1, 0.15) is 26.3 Å². The van der Waals surface area contributed by atoms with Crippen molar-refractivity contribution in [2.24, 2.45) is 5.73 Å². The fourth-order valence-electron chi connectivity index (χ4n) is 1.31. The lowest BCUT2D eigenvalue weighted by atomic mass is 10.1. The number of hydrogen-bond donors (Lipinski definition) is 4. The van der Waals surface area contributed by atoms with Gasteiger partial charge < -0.3 is 16.2 Å². The number of amidine groups is 1. The van der Waals surface area contributed by atoms with Crippen LogP contribution in [0.4, 0.5) is 16.2 Å². The summed E-state index contributed by atoms with van der Waals surface area (Å²) in [7, 11) is 0. The number of nitrogens with one attached hydrogen (secondary N) is 2. The fraction of sp³-hybridized carbons (Fsp3) is 0.333. The van der Waals surface area contributed by atoms with Crippen LogP contribution in [0.25, 0.3) is 0 Å². The zero-order chi connectivity index (χ0) is 13.9. The van der Waals surface area contributed by atoms with E-state index >= 15 is 0 Å². The van der Waals surface area contributed by atoms with E-state index in [0.29, 0.717) is 16.9 Å². The number of nitrogen functional groups attached to an aromatic ring is 2. The molecule has 0 saturated carbocycles. The van der Waals surface area contributed by atoms with E-state index < -0.39 is 11.7 Å². The monoisotopic (exact) mass is 250 g/mol. The number of nitrogens with two attached hydrogens (primary N) is 2. The summed E-state index contributed by atoms with van der Waals surface area (Å²) in [6, 6.07) is 4.71. The van der Waals surface area contributed by atoms with Crippen molar-refractivity contribution >= 4 is 23.3 Å². The lowest BCUT2D eigenvalue weighted by molar-refractivity contribution is 0.0636. The highest BCUT2D eigenvalue weighted by molar-refractivity contribution is 6.03. The van der Waals surface area contributed by atoms with Gasteiger partial charge in [0.2, 0.25) is 0 Å². The minimum absolute atomic E-state index is 0.173. The molecule has 1 aromatic carbocycles. The summed E-state index contributed by atoms with van der Waals surface area (Å²) < 4.78 is 5.11. The van der Waals surface area contributed by atoms with E-state index in [1.54, 1.807) is 32.9 Å². The molecule has 1 aromatic rings. The Bertz CT molecular complexity index is 477. The standard InChI is InChI=1S/C12H18N4O2/c1-12(2,3)18-11(17)16-9-5-4-7(13)6-8(9)10(14)15/h4-6H,13H2,1-3H3,(H3,14,15)(H,16,17). The molecule has 0 aromatic heterocycles. The van der Waals surface area contributed by atoms with Gasteiger partial charge in [-0.3, -0.25) is 10.7 Å². The Balaban J connectivity index is 2.91. The van der Waals surface area contributed by atoms with Gasteiger partial charge in [-0.05, 0) is 39.0 Å². The van der Waals surface area contributed by atoms with Crippen molar-refractivity contribution in [2.45, 2.75) is 26.4 Å². The van der Waals surface area contributed by atoms with E-state index in [0.717, 1.165) is 0 Å². The van der Waals surface area contributed by atoms with Crippen LogP contribution in [0.2, 0.25) is 0 Å². The molecular formula is C12H18N4O2. The van der Waals surface area contributed by atoms with Crippen molar-refractivity contribution in [2.75, 3.05) is 11.1 Å². The first-order valence-corrected chi connectivity index (χ1v) is 5.43. The summed E-state index contributed by atoms with van der Waals surface area (Å²) in [4.78, 5) is 11.6. The molecule has 0 fully saturated rings. The predicted molar refractivity (Wildman–Crippen MR) is 71.7 cm³/mol. The minimum atomic E-state index is -0.602. The van der Waals surface area contributed by atoms with Crippen molar-refractivity contribution in [1.29, 1.82) is 5.41 Å². The Kier molecular flexibility index (Phi) is 3.80. The number of amides is 1. The maximum absolute atomic E-state index is 11.6. The third-order valence-corrected chi connectivity index (χ3v) is 1.97. The third-order valence-electron chi connectivity index (χ3n) is 1.97. The number of carbonyl (C=O) groups is 1. The SMILES string of the molecule is CC(C)(C)OC(=O)Nc1ccc(N)cc1C(=N)N. The van der Waals surface area contributed by atoms with E-state index in [9.17, 15) is 4.79 Å². The average molecular weight is 250 g/mol. The number of hydrogen-bond acceptors (Lipinski definition) is 4. The van der Waals surface area contributed by atoms with E-state index in [-0.39, 0.29) is 5.84 Å². The van der Waals surface area contributed by atoms with Gasteiger partial charge in [0.05, 0.1) is 5.69 Å². The second-order valence-electron chi connectivity index (χ2n) is 4.85. The Morgan fingerprint density at radius 2 is 2.00 bits per heavy atom. The third kappa shape index (κ3) is 3.97. The summed E-state index contributed by atoms with van der Waals surface area (Å²) in [5.41, 5.74) is 11.7. The topological polar surface area (TPSA) is 114 Å². The summed E-state index contributed by atoms with van der Waals surface area (Å²) in [5.74, 6) is -0.173. The van der Waals surface area contributed by atoms with E-state index in [2.05, 4.69) is 5.32 Å². The average Bonchev–Trinajstić information content (AvgIpc) is 2.17. The van der Waals surface area contributed by atoms with Crippen molar-refractivity contribution in [3.05, 3.63) is 23.8 Å². The highest BCUT2D eigenvalue weighted by atomic mass is 16.6. The van der Waals surface area contributed by atoms with Crippen molar-refractivity contribution in [3.63, 3.8) is 0 Å². The quantitative estimate of drug-likeness (QED) is 0.364. The first-order valence-electron chi connectivity index (χ1n) is 5.43. The van der Waals surface area contributed by atoms with Gasteiger partial charge in [-0.1, -0.05) is 0 Å². The molecule has 0 aliphatic carbocycles. The van der Waals surface area contributed by atoms with Gasteiger partial charge in [-0.2, -0.15) is 0 Å². The molecule has 0 unspecified atom stereocenters. The number of carbonyl (C=O) groups excluding carboxylic acids is 1. The van der Waals surface area contributed by atoms with Crippen LogP contribution < -0.4 is 16.8 Å². The summed E-state index contributed by atoms with van der Waals surface area (Å²) in [5, 5.41) is 9.97. The van der Waals surface area contributed by atoms with Crippen LogP contribution in [0.5, 0.6) is 0 Å². The molecule has 0 saturated heterocycles. The van der Waals surface area contributed by atoms with Gasteiger partial charge in [-0.25, -0.2) is 4.79 Å². The van der Waals surface area contributed by atoms with E-state index in [1.165, 1.54) is 6.07 Å². The highest BCUT2D eigenvalue weighted by Gasteiger charge is 2.17.